The summed E-state index contributed by atoms with van der Waals surface area (Å²) >= 11 is 7.39. The third-order valence-corrected chi connectivity index (χ3v) is 6.86. The van der Waals surface area contributed by atoms with E-state index < -0.39 is 12.1 Å². The van der Waals surface area contributed by atoms with Gasteiger partial charge in [0, 0.05) is 28.9 Å². The number of methoxy groups -OCH3 is 2. The molecule has 0 spiro atoms. The van der Waals surface area contributed by atoms with E-state index in [0.29, 0.717) is 29.5 Å². The number of aliphatic imine (C=N–C) groups is 1. The first kappa shape index (κ1) is 26.5. The molecule has 1 aromatic heterocycles. The molecule has 0 saturated heterocycles. The number of nitrogens with two attached hydrogens (primary N) is 1. The second-order valence-corrected chi connectivity index (χ2v) is 9.32. The second kappa shape index (κ2) is 12.1. The molecule has 1 aliphatic heterocycles. The smallest absolute Gasteiger partial charge is 0.313 e. The zero-order valence-corrected chi connectivity index (χ0v) is 21.8. The Kier molecular flexibility index (Phi) is 8.70. The summed E-state index contributed by atoms with van der Waals surface area (Å²) in [6.45, 7) is 0.301. The van der Waals surface area contributed by atoms with Crippen LogP contribution in [0, 0.1) is 0 Å². The van der Waals surface area contributed by atoms with Crippen molar-refractivity contribution in [1.82, 2.24) is 4.57 Å². The average molecular weight is 544 g/mol. The molecule has 0 amide bonds. The zero-order chi connectivity index (χ0) is 26.4. The molecule has 1 aliphatic rings. The van der Waals surface area contributed by atoms with Crippen LogP contribution in [0.15, 0.2) is 70.1 Å². The van der Waals surface area contributed by atoms with Crippen LogP contribution in [0.2, 0.25) is 5.02 Å². The molecule has 0 aliphatic carbocycles. The first-order valence-electron chi connectivity index (χ1n) is 11.3. The molecule has 2 aromatic carbocycles. The van der Waals surface area contributed by atoms with Crippen LogP contribution in [-0.2, 0) is 9.53 Å². The second-order valence-electron chi connectivity index (χ2n) is 7.94. The fraction of sp³-hybridized carbons (Fsp3) is 0.280. The van der Waals surface area contributed by atoms with Gasteiger partial charge in [0.25, 0.3) is 0 Å². The van der Waals surface area contributed by atoms with Crippen LogP contribution in [-0.4, -0.2) is 47.3 Å². The van der Waals surface area contributed by atoms with E-state index in [1.807, 2.05) is 54.7 Å². The van der Waals surface area contributed by atoms with E-state index in [1.54, 1.807) is 14.2 Å². The number of carbonyl (C=O) groups is 1. The van der Waals surface area contributed by atoms with E-state index in [-0.39, 0.29) is 17.0 Å². The van der Waals surface area contributed by atoms with Crippen LogP contribution in [0.4, 0.5) is 0 Å². The summed E-state index contributed by atoms with van der Waals surface area (Å²) < 4.78 is 20.1. The monoisotopic (exact) mass is 543 g/mol. The number of para-hydroxylation sites is 1. The predicted molar refractivity (Wildman–Crippen MR) is 142 cm³/mol. The molecule has 2 atom stereocenters. The minimum atomic E-state index is -0.985. The lowest BCUT2D eigenvalue weighted by molar-refractivity contribution is -0.133. The Morgan fingerprint density at radius 2 is 2.03 bits per heavy atom. The first-order valence-corrected chi connectivity index (χ1v) is 12.7. The molecular weight excluding hydrogens is 518 g/mol. The van der Waals surface area contributed by atoms with Gasteiger partial charge in [0.2, 0.25) is 5.17 Å². The molecule has 0 radical (unpaired) electrons. The van der Waals surface area contributed by atoms with Crippen LogP contribution >= 0.6 is 23.4 Å². The summed E-state index contributed by atoms with van der Waals surface area (Å²) in [5.41, 5.74) is 3.53. The van der Waals surface area contributed by atoms with Gasteiger partial charge in [-0.25, -0.2) is 0 Å². The van der Waals surface area contributed by atoms with E-state index >= 15 is 0 Å². The van der Waals surface area contributed by atoms with Crippen molar-refractivity contribution in [2.75, 3.05) is 26.5 Å². The molecule has 0 bridgehead atoms. The summed E-state index contributed by atoms with van der Waals surface area (Å²) in [6.07, 6.45) is 1.54. The number of amidine groups is 1. The number of hydrogen-bond donors (Lipinski definition) is 2. The summed E-state index contributed by atoms with van der Waals surface area (Å²) in [7, 11) is 3.18. The third kappa shape index (κ3) is 5.90. The summed E-state index contributed by atoms with van der Waals surface area (Å²) in [5, 5.41) is 16.7. The van der Waals surface area contributed by atoms with Gasteiger partial charge < -0.3 is 29.7 Å². The molecule has 4 rings (SSSR count). The quantitative estimate of drug-likeness (QED) is 0.131. The van der Waals surface area contributed by atoms with E-state index in [2.05, 4.69) is 19.9 Å². The van der Waals surface area contributed by atoms with E-state index in [0.717, 1.165) is 34.3 Å². The van der Waals surface area contributed by atoms with Gasteiger partial charge in [0.15, 0.2) is 11.5 Å². The Morgan fingerprint density at radius 1 is 1.19 bits per heavy atom. The number of carboxylic acid groups (broad SMARTS) is 1. The van der Waals surface area contributed by atoms with Gasteiger partial charge in [-0.15, -0.1) is 5.11 Å². The largest absolute Gasteiger partial charge is 0.493 e. The van der Waals surface area contributed by atoms with Gasteiger partial charge in [0.05, 0.1) is 31.4 Å². The lowest BCUT2D eigenvalue weighted by atomic mass is 9.98. The van der Waals surface area contributed by atoms with E-state index in [4.69, 9.17) is 36.8 Å². The van der Waals surface area contributed by atoms with Gasteiger partial charge in [0.1, 0.15) is 12.2 Å². The number of aliphatic carboxylic acids is 1. The minimum Gasteiger partial charge on any atom is -0.493 e. The Bertz CT molecular complexity index is 1330. The first-order chi connectivity index (χ1) is 18.0. The Morgan fingerprint density at radius 3 is 2.76 bits per heavy atom. The fourth-order valence-electron chi connectivity index (χ4n) is 4.27. The fourth-order valence-corrected chi connectivity index (χ4v) is 4.99. The summed E-state index contributed by atoms with van der Waals surface area (Å²) in [6, 6.07) is 15.3. The number of fused-ring (bicyclic) bond motifs is 3. The lowest BCUT2D eigenvalue weighted by Crippen LogP contribution is -2.13. The maximum Gasteiger partial charge on any atom is 0.313 e. The zero-order valence-electron chi connectivity index (χ0n) is 20.2. The third-order valence-electron chi connectivity index (χ3n) is 5.76. The molecule has 0 saturated carbocycles. The molecule has 37 heavy (non-hydrogen) atoms. The van der Waals surface area contributed by atoms with Crippen molar-refractivity contribution in [1.29, 1.82) is 0 Å². The number of halogens is 1. The van der Waals surface area contributed by atoms with Crippen molar-refractivity contribution >= 4 is 34.5 Å². The molecular formula is C25H26ClN5O5S. The molecule has 0 fully saturated rings. The Balaban J connectivity index is 1.74. The van der Waals surface area contributed by atoms with Crippen molar-refractivity contribution in [3.63, 3.8) is 0 Å². The number of carboxylic acids is 1. The number of ether oxygens (including phenoxy) is 3. The topological polar surface area (TPSA) is 133 Å². The molecule has 12 heteroatoms. The van der Waals surface area contributed by atoms with Crippen LogP contribution in [0.1, 0.15) is 35.4 Å². The predicted octanol–water partition coefficient (Wildman–Crippen LogP) is 5.20. The van der Waals surface area contributed by atoms with Crippen molar-refractivity contribution in [3.05, 3.63) is 76.6 Å². The molecule has 0 unspecified atom stereocenters. The highest BCUT2D eigenvalue weighted by Crippen LogP contribution is 2.46. The molecule has 2 heterocycles. The average Bonchev–Trinajstić information content (AvgIpc) is 3.34. The standard InChI is InChI=1S/C25H26ClN5O5S/c1-34-21-7-3-5-16(24(21)35-2)23-17-13-15(26)8-9-18(17)31-12-4-6-19(31)20(36-23)10-11-28-25(29-30-27)37-14-22(32)33/h3-9,12-13,20,23H,10-11,14H2,1-2H3,(H,32,33)(H2,27,28,29)/t20-,23-/m1/s1. The highest BCUT2D eigenvalue weighted by Gasteiger charge is 2.32. The van der Waals surface area contributed by atoms with Gasteiger partial charge in [-0.3, -0.25) is 9.79 Å². The molecule has 10 nitrogen and oxygen atoms in total. The van der Waals surface area contributed by atoms with Crippen LogP contribution in [0.3, 0.4) is 0 Å². The van der Waals surface area contributed by atoms with Crippen LogP contribution in [0.25, 0.3) is 5.69 Å². The summed E-state index contributed by atoms with van der Waals surface area (Å²) in [5.74, 6) is 5.14. The van der Waals surface area contributed by atoms with Crippen molar-refractivity contribution < 1.29 is 24.1 Å². The van der Waals surface area contributed by atoms with Gasteiger partial charge in [-0.1, -0.05) is 40.7 Å². The highest BCUT2D eigenvalue weighted by molar-refractivity contribution is 8.14. The van der Waals surface area contributed by atoms with Crippen LogP contribution in [0.5, 0.6) is 11.5 Å². The van der Waals surface area contributed by atoms with Gasteiger partial charge in [-0.2, -0.15) is 0 Å². The number of hydrogen-bond acceptors (Lipinski definition) is 7. The molecule has 194 valence electrons. The normalized spacial score (nSPS) is 17.2. The molecule has 3 N–H and O–H groups in total. The van der Waals surface area contributed by atoms with Crippen LogP contribution < -0.4 is 15.3 Å². The van der Waals surface area contributed by atoms with Gasteiger partial charge in [-0.05, 0) is 42.8 Å². The number of benzene rings is 2. The van der Waals surface area contributed by atoms with Crippen molar-refractivity contribution in [3.8, 4) is 17.2 Å². The number of thioether (sulfide) groups is 1. The van der Waals surface area contributed by atoms with Gasteiger partial charge >= 0.3 is 5.97 Å². The Labute approximate surface area is 223 Å². The molecule has 3 aromatic rings. The minimum absolute atomic E-state index is 0.190. The number of rotatable bonds is 8. The van der Waals surface area contributed by atoms with Crippen molar-refractivity contribution in [2.24, 2.45) is 21.2 Å². The SMILES string of the molecule is COc1cccc([C@H]2O[C@H](CCN=C(N=NN)SCC(=O)O)c3cccn3-c3ccc(Cl)cc32)c1OC. The van der Waals surface area contributed by atoms with E-state index in [9.17, 15) is 4.79 Å². The number of aromatic nitrogens is 1. The maximum atomic E-state index is 10.9. The highest BCUT2D eigenvalue weighted by atomic mass is 35.5. The lowest BCUT2D eigenvalue weighted by Gasteiger charge is -2.25. The summed E-state index contributed by atoms with van der Waals surface area (Å²) in [4.78, 5) is 15.4. The Hall–Kier alpha value is -3.54. The van der Waals surface area contributed by atoms with E-state index in [1.165, 1.54) is 0 Å². The maximum absolute atomic E-state index is 10.9. The number of nitrogens with zero attached hydrogens (tertiary/aromatic N) is 4. The van der Waals surface area contributed by atoms with Crippen molar-refractivity contribution in [2.45, 2.75) is 18.6 Å².